The van der Waals surface area contributed by atoms with Crippen LogP contribution in [0.2, 0.25) is 0 Å². The Morgan fingerprint density at radius 1 is 0.729 bits per heavy atom. The third-order valence-corrected chi connectivity index (χ3v) is 5.95. The monoisotopic (exact) mass is 675 g/mol. The summed E-state index contributed by atoms with van der Waals surface area (Å²) in [4.78, 5) is 47.8. The smallest absolute Gasteiger partial charge is 0.320 e. The highest BCUT2D eigenvalue weighted by atomic mass is 16.4. The van der Waals surface area contributed by atoms with Crippen molar-refractivity contribution in [2.45, 2.75) is 56.3 Å². The van der Waals surface area contributed by atoms with Gasteiger partial charge < -0.3 is 64.5 Å². The highest BCUT2D eigenvalue weighted by Crippen LogP contribution is 2.10. The number of rotatable bonds is 14. The molecule has 0 aliphatic carbocycles. The van der Waals surface area contributed by atoms with Crippen LogP contribution in [0.4, 0.5) is 0 Å². The fourth-order valence-electron chi connectivity index (χ4n) is 3.31. The van der Waals surface area contributed by atoms with E-state index in [-0.39, 0.29) is 24.6 Å². The van der Waals surface area contributed by atoms with Crippen molar-refractivity contribution in [3.8, 4) is 5.75 Å². The molecule has 18 N–H and O–H groups in total. The van der Waals surface area contributed by atoms with E-state index in [1.807, 2.05) is 30.3 Å². The molecule has 0 spiro atoms. The summed E-state index contributed by atoms with van der Waals surface area (Å²) in [5.41, 5.74) is 28.6. The predicted octanol–water partition coefficient (Wildman–Crippen LogP) is -0.987. The van der Waals surface area contributed by atoms with E-state index in [2.05, 4.69) is 15.3 Å². The second-order valence-corrected chi connectivity index (χ2v) is 10.1. The van der Waals surface area contributed by atoms with Gasteiger partial charge in [-0.3, -0.25) is 24.6 Å². The Balaban J connectivity index is 0.000000615. The van der Waals surface area contributed by atoms with E-state index in [9.17, 15) is 19.2 Å². The van der Waals surface area contributed by atoms with Gasteiger partial charge in [-0.15, -0.1) is 0 Å². The van der Waals surface area contributed by atoms with Crippen LogP contribution in [0.5, 0.6) is 5.75 Å². The number of guanidine groups is 1. The summed E-state index contributed by atoms with van der Waals surface area (Å²) in [5.74, 6) is -3.94. The Bertz CT molecular complexity index is 1380. The molecule has 0 saturated heterocycles. The standard InChI is InChI=1S/C9H11NO3.C9H11NO2.C6H14N4O2.C6H9N3O2/c10-8(9(12)13)5-6-1-3-7(11)4-2-6;10-8(9(11)12)6-7-4-2-1-3-5-7;7-4(5(11)12)2-1-3-10-6(8)9;7-5(6(10)11)1-4-2-8-3-9-4/h1-4,8,11H,5,10H2,(H,12,13);1-5,8H,6,10H2,(H,11,12);4H,1-3,7H2,(H,11,12)(H4,8,9,10);2-3,5H,1,7H2,(H,8,9)(H,10,11). The van der Waals surface area contributed by atoms with E-state index < -0.39 is 48.0 Å². The number of nitrogens with zero attached hydrogens (tertiary/aromatic N) is 1. The Morgan fingerprint density at radius 3 is 1.60 bits per heavy atom. The number of nitrogens with two attached hydrogens (primary N) is 5. The van der Waals surface area contributed by atoms with Crippen molar-refractivity contribution in [3.63, 3.8) is 0 Å². The number of benzene rings is 2. The summed E-state index contributed by atoms with van der Waals surface area (Å²) < 4.78 is 0. The summed E-state index contributed by atoms with van der Waals surface area (Å²) in [6.45, 7) is 0.482. The van der Waals surface area contributed by atoms with E-state index in [0.717, 1.165) is 11.1 Å². The molecule has 2 aromatic carbocycles. The normalized spacial score (nSPS) is 12.4. The maximum atomic E-state index is 10.4. The lowest BCUT2D eigenvalue weighted by atomic mass is 10.1. The molecular weight excluding hydrogens is 630 g/mol. The van der Waals surface area contributed by atoms with E-state index in [1.54, 1.807) is 18.3 Å². The number of carboxylic acids is 4. The molecule has 0 bridgehead atoms. The molecule has 0 saturated carbocycles. The van der Waals surface area contributed by atoms with Gasteiger partial charge in [-0.25, -0.2) is 4.98 Å². The largest absolute Gasteiger partial charge is 0.508 e. The van der Waals surface area contributed by atoms with Gasteiger partial charge in [-0.2, -0.15) is 0 Å². The lowest BCUT2D eigenvalue weighted by Crippen LogP contribution is -2.34. The molecule has 4 atom stereocenters. The first kappa shape index (κ1) is 42.4. The molecule has 48 heavy (non-hydrogen) atoms. The van der Waals surface area contributed by atoms with E-state index in [4.69, 9.17) is 59.6 Å². The number of imidazole rings is 1. The highest BCUT2D eigenvalue weighted by molar-refractivity contribution is 5.75. The van der Waals surface area contributed by atoms with Crippen LogP contribution < -0.4 is 34.0 Å². The van der Waals surface area contributed by atoms with Gasteiger partial charge in [0.15, 0.2) is 5.96 Å². The summed E-state index contributed by atoms with van der Waals surface area (Å²) >= 11 is 0. The number of carboxylic acid groups (broad SMARTS) is 4. The van der Waals surface area contributed by atoms with Crippen molar-refractivity contribution >= 4 is 29.8 Å². The Labute approximate surface area is 276 Å². The number of hydrogen-bond donors (Lipinski definition) is 13. The first-order valence-corrected chi connectivity index (χ1v) is 14.3. The summed E-state index contributed by atoms with van der Waals surface area (Å²) in [5, 5.41) is 52.1. The molecule has 1 aromatic heterocycles. The van der Waals surface area contributed by atoms with Gasteiger partial charge in [-0.05, 0) is 48.9 Å². The lowest BCUT2D eigenvalue weighted by Gasteiger charge is -2.06. The van der Waals surface area contributed by atoms with Gasteiger partial charge in [0.05, 0.1) is 12.0 Å². The second kappa shape index (κ2) is 23.7. The first-order chi connectivity index (χ1) is 22.5. The number of aromatic amines is 1. The number of aromatic nitrogens is 2. The Hall–Kier alpha value is -5.56. The van der Waals surface area contributed by atoms with Crippen molar-refractivity contribution in [2.75, 3.05) is 6.54 Å². The van der Waals surface area contributed by atoms with Crippen molar-refractivity contribution in [2.24, 2.45) is 28.7 Å². The molecule has 18 nitrogen and oxygen atoms in total. The maximum Gasteiger partial charge on any atom is 0.320 e. The molecule has 3 aromatic rings. The van der Waals surface area contributed by atoms with Crippen LogP contribution in [-0.2, 0) is 38.4 Å². The third-order valence-electron chi connectivity index (χ3n) is 5.95. The summed E-state index contributed by atoms with van der Waals surface area (Å²) in [6, 6.07) is 12.3. The first-order valence-electron chi connectivity index (χ1n) is 14.3. The molecule has 4 unspecified atom stereocenters. The van der Waals surface area contributed by atoms with Gasteiger partial charge in [0, 0.05) is 19.2 Å². The van der Waals surface area contributed by atoms with Crippen molar-refractivity contribution < 1.29 is 44.7 Å². The zero-order chi connectivity index (χ0) is 36.6. The van der Waals surface area contributed by atoms with Crippen LogP contribution in [0.1, 0.15) is 29.7 Å². The van der Waals surface area contributed by atoms with Crippen LogP contribution in [-0.4, -0.2) is 96.0 Å². The number of carbonyl (C=O) groups is 4. The second-order valence-electron chi connectivity index (χ2n) is 10.1. The van der Waals surface area contributed by atoms with Gasteiger partial charge in [0.1, 0.15) is 29.9 Å². The number of hydrogen-bond acceptors (Lipinski definition) is 11. The molecule has 0 fully saturated rings. The van der Waals surface area contributed by atoms with Crippen molar-refractivity contribution in [1.82, 2.24) is 15.3 Å². The van der Waals surface area contributed by atoms with Crippen molar-refractivity contribution in [1.29, 1.82) is 5.41 Å². The van der Waals surface area contributed by atoms with Gasteiger partial charge in [0.2, 0.25) is 0 Å². The Kier molecular flexibility index (Phi) is 21.0. The number of phenols is 1. The summed E-state index contributed by atoms with van der Waals surface area (Å²) in [7, 11) is 0. The van der Waals surface area contributed by atoms with Crippen LogP contribution in [0.15, 0.2) is 67.1 Å². The third kappa shape index (κ3) is 21.2. The molecule has 1 heterocycles. The van der Waals surface area contributed by atoms with Gasteiger partial charge in [0.25, 0.3) is 0 Å². The van der Waals surface area contributed by atoms with Gasteiger partial charge >= 0.3 is 23.9 Å². The predicted molar refractivity (Wildman–Crippen MR) is 176 cm³/mol. The minimum atomic E-state index is -1.02. The van der Waals surface area contributed by atoms with E-state index in [1.165, 1.54) is 18.5 Å². The number of nitrogens with one attached hydrogen (secondary N) is 3. The fourth-order valence-corrected chi connectivity index (χ4v) is 3.31. The molecule has 0 aliphatic rings. The quantitative estimate of drug-likeness (QED) is 0.0554. The molecule has 264 valence electrons. The van der Waals surface area contributed by atoms with Crippen LogP contribution in [0.25, 0.3) is 0 Å². The number of H-pyrrole nitrogens is 1. The molecule has 18 heteroatoms. The van der Waals surface area contributed by atoms with Crippen LogP contribution in [0, 0.1) is 5.41 Å². The van der Waals surface area contributed by atoms with Gasteiger partial charge in [-0.1, -0.05) is 42.5 Å². The molecule has 0 aliphatic heterocycles. The zero-order valence-corrected chi connectivity index (χ0v) is 26.1. The zero-order valence-electron chi connectivity index (χ0n) is 26.1. The SMILES string of the molecule is N=C(N)NCCCC(N)C(=O)O.NC(Cc1c[nH]cn1)C(=O)O.NC(Cc1ccc(O)cc1)C(=O)O.NC(Cc1ccccc1)C(=O)O. The highest BCUT2D eigenvalue weighted by Gasteiger charge is 2.13. The maximum absolute atomic E-state index is 10.4. The minimum absolute atomic E-state index is 0.112. The number of phenolic OH excluding ortho intramolecular Hbond substituents is 1. The summed E-state index contributed by atoms with van der Waals surface area (Å²) in [6.07, 6.45) is 5.01. The molecular formula is C30H45N9O9. The van der Waals surface area contributed by atoms with Crippen molar-refractivity contribution in [3.05, 3.63) is 83.9 Å². The average Bonchev–Trinajstić information content (AvgIpc) is 3.54. The van der Waals surface area contributed by atoms with E-state index in [0.29, 0.717) is 31.5 Å². The van der Waals surface area contributed by atoms with Crippen LogP contribution in [0.3, 0.4) is 0 Å². The molecule has 3 rings (SSSR count). The topological polar surface area (TPSA) is 364 Å². The Morgan fingerprint density at radius 2 is 1.19 bits per heavy atom. The average molecular weight is 676 g/mol. The number of aliphatic carboxylic acids is 4. The van der Waals surface area contributed by atoms with E-state index >= 15 is 0 Å². The minimum Gasteiger partial charge on any atom is -0.508 e. The van der Waals surface area contributed by atoms with Crippen LogP contribution >= 0.6 is 0 Å². The number of aromatic hydroxyl groups is 1. The molecule has 0 radical (unpaired) electrons. The lowest BCUT2D eigenvalue weighted by molar-refractivity contribution is -0.139. The molecule has 0 amide bonds. The fraction of sp³-hybridized carbons (Fsp3) is 0.333.